The Hall–Kier alpha value is -1.72. The Morgan fingerprint density at radius 1 is 1.29 bits per heavy atom. The number of carboxylic acid groups (broad SMARTS) is 1. The van der Waals surface area contributed by atoms with Gasteiger partial charge in [0, 0.05) is 10.0 Å². The first-order chi connectivity index (χ1) is 10.0. The van der Waals surface area contributed by atoms with Crippen LogP contribution < -0.4 is 9.47 Å². The van der Waals surface area contributed by atoms with Crippen molar-refractivity contribution in [2.75, 3.05) is 7.11 Å². The van der Waals surface area contributed by atoms with Crippen molar-refractivity contribution in [3.8, 4) is 11.5 Å². The summed E-state index contributed by atoms with van der Waals surface area (Å²) in [5, 5.41) is 9.33. The highest BCUT2D eigenvalue weighted by atomic mass is 79.9. The zero-order valence-corrected chi connectivity index (χ0v) is 13.4. The van der Waals surface area contributed by atoms with E-state index in [-0.39, 0.29) is 22.9 Å². The van der Waals surface area contributed by atoms with E-state index in [0.29, 0.717) is 5.75 Å². The molecule has 0 saturated heterocycles. The predicted molar refractivity (Wildman–Crippen MR) is 83.4 cm³/mol. The van der Waals surface area contributed by atoms with E-state index < -0.39 is 5.97 Å². The summed E-state index contributed by atoms with van der Waals surface area (Å²) in [6, 6.07) is 10.2. The maximum Gasteiger partial charge on any atom is 0.341 e. The lowest BCUT2D eigenvalue weighted by molar-refractivity contribution is 0.0692. The Labute approximate surface area is 135 Å². The molecule has 0 saturated carbocycles. The van der Waals surface area contributed by atoms with Gasteiger partial charge in [-0.15, -0.1) is 0 Å². The third-order valence-corrected chi connectivity index (χ3v) is 3.62. The van der Waals surface area contributed by atoms with Crippen LogP contribution in [0.3, 0.4) is 0 Å². The van der Waals surface area contributed by atoms with Crippen molar-refractivity contribution < 1.29 is 19.4 Å². The molecule has 0 aliphatic carbocycles. The maximum absolute atomic E-state index is 11.2. The zero-order valence-electron chi connectivity index (χ0n) is 11.1. The standard InChI is InChI=1S/C15H12BrClO4/c1-20-12-6-5-10(16)7-9(12)8-21-13-4-2-3-11(17)14(13)15(18)19/h2-7H,8H2,1H3,(H,18,19). The molecule has 0 aromatic heterocycles. The van der Waals surface area contributed by atoms with Gasteiger partial charge in [-0.2, -0.15) is 0 Å². The number of carbonyl (C=O) groups is 1. The van der Waals surface area contributed by atoms with Crippen LogP contribution in [0.25, 0.3) is 0 Å². The van der Waals surface area contributed by atoms with Crippen LogP contribution in [0, 0.1) is 0 Å². The summed E-state index contributed by atoms with van der Waals surface area (Å²) in [5.41, 5.74) is 0.747. The van der Waals surface area contributed by atoms with Gasteiger partial charge in [-0.25, -0.2) is 4.79 Å². The van der Waals surface area contributed by atoms with Crippen LogP contribution in [0.1, 0.15) is 15.9 Å². The topological polar surface area (TPSA) is 55.8 Å². The molecule has 0 unspecified atom stereocenters. The van der Waals surface area contributed by atoms with Crippen molar-refractivity contribution in [2.24, 2.45) is 0 Å². The number of rotatable bonds is 5. The van der Waals surface area contributed by atoms with Crippen molar-refractivity contribution >= 4 is 33.5 Å². The Bertz CT molecular complexity index is 673. The number of hydrogen-bond acceptors (Lipinski definition) is 3. The van der Waals surface area contributed by atoms with Crippen LogP contribution in [-0.4, -0.2) is 18.2 Å². The summed E-state index contributed by atoms with van der Waals surface area (Å²) < 4.78 is 11.7. The molecule has 0 aliphatic rings. The largest absolute Gasteiger partial charge is 0.496 e. The summed E-state index contributed by atoms with van der Waals surface area (Å²) in [5.74, 6) is -0.245. The molecule has 6 heteroatoms. The van der Waals surface area contributed by atoms with Gasteiger partial charge in [0.05, 0.1) is 12.1 Å². The van der Waals surface area contributed by atoms with E-state index in [9.17, 15) is 9.90 Å². The Morgan fingerprint density at radius 2 is 2.05 bits per heavy atom. The summed E-state index contributed by atoms with van der Waals surface area (Å²) in [6.07, 6.45) is 0. The molecular formula is C15H12BrClO4. The van der Waals surface area contributed by atoms with Gasteiger partial charge in [0.1, 0.15) is 23.7 Å². The second-order valence-corrected chi connectivity index (χ2v) is 5.49. The minimum absolute atomic E-state index is 0.0480. The maximum atomic E-state index is 11.2. The minimum atomic E-state index is -1.13. The number of benzene rings is 2. The van der Waals surface area contributed by atoms with E-state index >= 15 is 0 Å². The lowest BCUT2D eigenvalue weighted by Gasteiger charge is -2.13. The van der Waals surface area contributed by atoms with Gasteiger partial charge in [0.15, 0.2) is 0 Å². The molecule has 0 aliphatic heterocycles. The molecule has 0 bridgehead atoms. The first kappa shape index (κ1) is 15.7. The Kier molecular flexibility index (Phi) is 5.09. The van der Waals surface area contributed by atoms with E-state index in [2.05, 4.69) is 15.9 Å². The van der Waals surface area contributed by atoms with Crippen molar-refractivity contribution in [3.63, 3.8) is 0 Å². The molecule has 2 rings (SSSR count). The number of methoxy groups -OCH3 is 1. The molecule has 0 fully saturated rings. The number of halogens is 2. The highest BCUT2D eigenvalue weighted by molar-refractivity contribution is 9.10. The number of hydrogen-bond donors (Lipinski definition) is 1. The van der Waals surface area contributed by atoms with E-state index in [1.54, 1.807) is 25.3 Å². The SMILES string of the molecule is COc1ccc(Br)cc1COc1cccc(Cl)c1C(=O)O. The number of carboxylic acids is 1. The Balaban J connectivity index is 2.27. The molecule has 110 valence electrons. The molecular weight excluding hydrogens is 360 g/mol. The lowest BCUT2D eigenvalue weighted by atomic mass is 10.2. The molecule has 1 N–H and O–H groups in total. The molecule has 0 atom stereocenters. The summed E-state index contributed by atoms with van der Waals surface area (Å²) in [4.78, 5) is 11.2. The monoisotopic (exact) mass is 370 g/mol. The highest BCUT2D eigenvalue weighted by Crippen LogP contribution is 2.29. The number of aromatic carboxylic acids is 1. The molecule has 0 heterocycles. The van der Waals surface area contributed by atoms with E-state index in [1.807, 2.05) is 12.1 Å². The molecule has 21 heavy (non-hydrogen) atoms. The molecule has 0 amide bonds. The van der Waals surface area contributed by atoms with Gasteiger partial charge < -0.3 is 14.6 Å². The van der Waals surface area contributed by atoms with Crippen molar-refractivity contribution in [3.05, 3.63) is 57.0 Å². The van der Waals surface area contributed by atoms with Gasteiger partial charge >= 0.3 is 5.97 Å². The fourth-order valence-corrected chi connectivity index (χ4v) is 2.50. The molecule has 2 aromatic rings. The van der Waals surface area contributed by atoms with E-state index in [0.717, 1.165) is 10.0 Å². The smallest absolute Gasteiger partial charge is 0.341 e. The fraction of sp³-hybridized carbons (Fsp3) is 0.133. The van der Waals surface area contributed by atoms with E-state index in [4.69, 9.17) is 21.1 Å². The van der Waals surface area contributed by atoms with Gasteiger partial charge in [0.25, 0.3) is 0 Å². The molecule has 0 radical (unpaired) electrons. The van der Waals surface area contributed by atoms with Gasteiger partial charge in [-0.3, -0.25) is 0 Å². The van der Waals surface area contributed by atoms with Gasteiger partial charge in [-0.1, -0.05) is 33.6 Å². The molecule has 0 spiro atoms. The summed E-state index contributed by atoms with van der Waals surface area (Å²) in [7, 11) is 1.56. The van der Waals surface area contributed by atoms with Crippen LogP contribution >= 0.6 is 27.5 Å². The number of ether oxygens (including phenoxy) is 2. The van der Waals surface area contributed by atoms with Gasteiger partial charge in [-0.05, 0) is 30.3 Å². The molecule has 4 nitrogen and oxygen atoms in total. The average molecular weight is 372 g/mol. The second kappa shape index (κ2) is 6.83. The fourth-order valence-electron chi connectivity index (χ4n) is 1.85. The Morgan fingerprint density at radius 3 is 2.71 bits per heavy atom. The average Bonchev–Trinajstić information content (AvgIpc) is 2.44. The van der Waals surface area contributed by atoms with Crippen molar-refractivity contribution in [2.45, 2.75) is 6.61 Å². The van der Waals surface area contributed by atoms with Crippen LogP contribution in [-0.2, 0) is 6.61 Å². The first-order valence-corrected chi connectivity index (χ1v) is 7.17. The van der Waals surface area contributed by atoms with E-state index in [1.165, 1.54) is 6.07 Å². The summed E-state index contributed by atoms with van der Waals surface area (Å²) >= 11 is 9.27. The highest BCUT2D eigenvalue weighted by Gasteiger charge is 2.16. The van der Waals surface area contributed by atoms with Gasteiger partial charge in [0.2, 0.25) is 0 Å². The van der Waals surface area contributed by atoms with Crippen LogP contribution in [0.5, 0.6) is 11.5 Å². The quantitative estimate of drug-likeness (QED) is 0.847. The zero-order chi connectivity index (χ0) is 15.4. The normalized spacial score (nSPS) is 10.2. The summed E-state index contributed by atoms with van der Waals surface area (Å²) in [6.45, 7) is 0.170. The lowest BCUT2D eigenvalue weighted by Crippen LogP contribution is -2.05. The van der Waals surface area contributed by atoms with Crippen LogP contribution in [0.15, 0.2) is 40.9 Å². The minimum Gasteiger partial charge on any atom is -0.496 e. The molecule has 2 aromatic carbocycles. The third-order valence-electron chi connectivity index (χ3n) is 2.81. The van der Waals surface area contributed by atoms with Crippen molar-refractivity contribution in [1.29, 1.82) is 0 Å². The van der Waals surface area contributed by atoms with Crippen LogP contribution in [0.4, 0.5) is 0 Å². The van der Waals surface area contributed by atoms with Crippen molar-refractivity contribution in [1.82, 2.24) is 0 Å². The first-order valence-electron chi connectivity index (χ1n) is 6.00. The third kappa shape index (κ3) is 3.68. The predicted octanol–water partition coefficient (Wildman–Crippen LogP) is 4.39. The second-order valence-electron chi connectivity index (χ2n) is 4.16. The van der Waals surface area contributed by atoms with Crippen LogP contribution in [0.2, 0.25) is 5.02 Å².